The van der Waals surface area contributed by atoms with E-state index in [1.165, 1.54) is 12.1 Å². The predicted octanol–water partition coefficient (Wildman–Crippen LogP) is 3.33. The number of hydrogen-bond donors (Lipinski definition) is 2. The van der Waals surface area contributed by atoms with Crippen LogP contribution in [0.15, 0.2) is 48.3 Å². The molecule has 0 bridgehead atoms. The average molecular weight is 512 g/mol. The van der Waals surface area contributed by atoms with Gasteiger partial charge in [0, 0.05) is 36.4 Å². The maximum Gasteiger partial charge on any atom is 0.534 e. The zero-order valence-corrected chi connectivity index (χ0v) is 19.8. The van der Waals surface area contributed by atoms with Crippen molar-refractivity contribution >= 4 is 15.8 Å². The molecule has 0 aliphatic carbocycles. The van der Waals surface area contributed by atoms with Crippen LogP contribution >= 0.6 is 0 Å². The van der Waals surface area contributed by atoms with Crippen LogP contribution in [0.4, 0.5) is 18.9 Å². The molecule has 5 rings (SSSR count). The van der Waals surface area contributed by atoms with E-state index in [4.69, 9.17) is 15.2 Å². The highest BCUT2D eigenvalue weighted by atomic mass is 32.2. The van der Waals surface area contributed by atoms with Gasteiger partial charge in [-0.3, -0.25) is 0 Å². The first-order chi connectivity index (χ1) is 16.3. The van der Waals surface area contributed by atoms with Crippen LogP contribution in [0.25, 0.3) is 0 Å². The first-order valence-electron chi connectivity index (χ1n) is 10.9. The molecule has 0 unspecified atom stereocenters. The number of benzene rings is 2. The summed E-state index contributed by atoms with van der Waals surface area (Å²) in [6.07, 6.45) is 1.77. The van der Waals surface area contributed by atoms with Crippen molar-refractivity contribution < 1.29 is 35.2 Å². The van der Waals surface area contributed by atoms with Crippen molar-refractivity contribution in [1.29, 1.82) is 0 Å². The lowest BCUT2D eigenvalue weighted by Crippen LogP contribution is -2.48. The van der Waals surface area contributed by atoms with E-state index in [9.17, 15) is 21.6 Å². The Labute approximate surface area is 200 Å². The zero-order chi connectivity index (χ0) is 25.2. The first kappa shape index (κ1) is 23.6. The van der Waals surface area contributed by atoms with Crippen molar-refractivity contribution in [2.24, 2.45) is 5.73 Å². The molecule has 1 saturated heterocycles. The lowest BCUT2D eigenvalue weighted by Gasteiger charge is -2.41. The number of nitrogens with zero attached hydrogens (tertiary/aromatic N) is 1. The van der Waals surface area contributed by atoms with E-state index in [1.54, 1.807) is 6.08 Å². The number of halogens is 3. The fraction of sp³-hybridized carbons (Fsp3) is 0.391. The summed E-state index contributed by atoms with van der Waals surface area (Å²) in [4.78, 5) is 2.19. The molecule has 3 N–H and O–H groups in total. The van der Waals surface area contributed by atoms with Crippen LogP contribution in [0.3, 0.4) is 0 Å². The smallest absolute Gasteiger partial charge is 0.457 e. The van der Waals surface area contributed by atoms with Crippen molar-refractivity contribution in [2.45, 2.75) is 30.4 Å². The summed E-state index contributed by atoms with van der Waals surface area (Å²) in [5.41, 5.74) is 1.39. The second kappa shape index (κ2) is 7.69. The van der Waals surface area contributed by atoms with Crippen LogP contribution in [0.5, 0.6) is 17.2 Å². The highest BCUT2D eigenvalue weighted by Crippen LogP contribution is 2.52. The van der Waals surface area contributed by atoms with Crippen LogP contribution in [0, 0.1) is 0 Å². The molecular weight excluding hydrogens is 487 g/mol. The molecule has 1 spiro atoms. The second-order valence-corrected chi connectivity index (χ2v) is 10.9. The molecule has 3 aliphatic heterocycles. The van der Waals surface area contributed by atoms with E-state index in [2.05, 4.69) is 14.4 Å². The standard InChI is InChI=1S/C23H24F3N3O5S/c1-21(2)13-29(7-8-32-21)14-3-5-18-16(9-14)22(11-20(27)28-12-22)17-10-15(4-6-19(17)33-18)34-35(30,31)23(24,25)26/h3-6,9-11,28H,7-8,12-13,27H2,1-2H3/t22-/m1/s1. The maximum atomic E-state index is 12.9. The van der Waals surface area contributed by atoms with E-state index in [0.717, 1.165) is 17.3 Å². The molecule has 0 radical (unpaired) electrons. The van der Waals surface area contributed by atoms with Gasteiger partial charge in [0.05, 0.1) is 23.4 Å². The Morgan fingerprint density at radius 2 is 1.80 bits per heavy atom. The Hall–Kier alpha value is -3.12. The topological polar surface area (TPSA) is 103 Å². The number of nitrogens with one attached hydrogen (secondary N) is 1. The highest BCUT2D eigenvalue weighted by molar-refractivity contribution is 7.88. The first-order valence-corrected chi connectivity index (χ1v) is 12.3. The predicted molar refractivity (Wildman–Crippen MR) is 122 cm³/mol. The summed E-state index contributed by atoms with van der Waals surface area (Å²) in [5.74, 6) is 0.841. The second-order valence-electron chi connectivity index (χ2n) is 9.38. The Morgan fingerprint density at radius 1 is 1.11 bits per heavy atom. The summed E-state index contributed by atoms with van der Waals surface area (Å²) < 4.78 is 78.1. The maximum absolute atomic E-state index is 12.9. The number of nitrogens with two attached hydrogens (primary N) is 1. The van der Waals surface area contributed by atoms with Crippen LogP contribution in [0.2, 0.25) is 0 Å². The molecule has 0 saturated carbocycles. The van der Waals surface area contributed by atoms with E-state index in [0.29, 0.717) is 49.1 Å². The van der Waals surface area contributed by atoms with Crippen molar-refractivity contribution in [1.82, 2.24) is 5.32 Å². The Morgan fingerprint density at radius 3 is 2.43 bits per heavy atom. The van der Waals surface area contributed by atoms with Crippen LogP contribution in [0.1, 0.15) is 25.0 Å². The van der Waals surface area contributed by atoms with Gasteiger partial charge in [0.25, 0.3) is 0 Å². The van der Waals surface area contributed by atoms with Crippen LogP contribution in [-0.4, -0.2) is 45.8 Å². The minimum absolute atomic E-state index is 0.301. The van der Waals surface area contributed by atoms with Gasteiger partial charge in [-0.2, -0.15) is 21.6 Å². The molecule has 2 aromatic carbocycles. The minimum atomic E-state index is -5.83. The van der Waals surface area contributed by atoms with Gasteiger partial charge < -0.3 is 29.6 Å². The molecule has 35 heavy (non-hydrogen) atoms. The number of hydrogen-bond acceptors (Lipinski definition) is 8. The van der Waals surface area contributed by atoms with Gasteiger partial charge >= 0.3 is 15.6 Å². The van der Waals surface area contributed by atoms with Gasteiger partial charge in [-0.05, 0) is 56.3 Å². The molecule has 3 heterocycles. The van der Waals surface area contributed by atoms with Crippen molar-refractivity contribution in [2.75, 3.05) is 31.1 Å². The third-order valence-corrected chi connectivity index (χ3v) is 7.33. The Balaban J connectivity index is 1.60. The summed E-state index contributed by atoms with van der Waals surface area (Å²) in [5, 5.41) is 3.08. The number of ether oxygens (including phenoxy) is 2. The summed E-state index contributed by atoms with van der Waals surface area (Å²) in [6.45, 7) is 6.25. The molecule has 3 aliphatic rings. The van der Waals surface area contributed by atoms with Gasteiger partial charge in [-0.25, -0.2) is 0 Å². The minimum Gasteiger partial charge on any atom is -0.457 e. The highest BCUT2D eigenvalue weighted by Gasteiger charge is 2.49. The fourth-order valence-electron chi connectivity index (χ4n) is 4.78. The monoisotopic (exact) mass is 511 g/mol. The zero-order valence-electron chi connectivity index (χ0n) is 19.0. The van der Waals surface area contributed by atoms with Gasteiger partial charge in [0.1, 0.15) is 17.2 Å². The van der Waals surface area contributed by atoms with Gasteiger partial charge in [-0.1, -0.05) is 0 Å². The largest absolute Gasteiger partial charge is 0.534 e. The van der Waals surface area contributed by atoms with Crippen molar-refractivity contribution in [3.05, 3.63) is 59.4 Å². The third kappa shape index (κ3) is 4.04. The average Bonchev–Trinajstić information content (AvgIpc) is 3.15. The van der Waals surface area contributed by atoms with Crippen molar-refractivity contribution in [3.8, 4) is 17.2 Å². The molecule has 1 atom stereocenters. The molecule has 12 heteroatoms. The van der Waals surface area contributed by atoms with E-state index >= 15 is 0 Å². The van der Waals surface area contributed by atoms with Crippen molar-refractivity contribution in [3.63, 3.8) is 0 Å². The van der Waals surface area contributed by atoms with Crippen LogP contribution in [-0.2, 0) is 20.3 Å². The SMILES string of the molecule is CC1(C)CN(c2ccc3c(c2)[C@]2(C=C(N)NC2)c2cc(OS(=O)(=O)C(F)(F)F)ccc2O3)CCO1. The van der Waals surface area contributed by atoms with Gasteiger partial charge in [0.15, 0.2) is 0 Å². The van der Waals surface area contributed by atoms with E-state index < -0.39 is 26.8 Å². The number of anilines is 1. The number of rotatable bonds is 3. The quantitative estimate of drug-likeness (QED) is 0.478. The molecule has 188 valence electrons. The fourth-order valence-corrected chi connectivity index (χ4v) is 5.23. The number of alkyl halides is 3. The Bertz CT molecular complexity index is 1330. The summed E-state index contributed by atoms with van der Waals surface area (Å²) in [6, 6.07) is 9.53. The molecule has 1 fully saturated rings. The van der Waals surface area contributed by atoms with E-state index in [1.807, 2.05) is 32.0 Å². The normalized spacial score (nSPS) is 23.1. The molecule has 0 amide bonds. The van der Waals surface area contributed by atoms with Crippen LogP contribution < -0.4 is 24.9 Å². The van der Waals surface area contributed by atoms with Gasteiger partial charge in [0.2, 0.25) is 0 Å². The Kier molecular flexibility index (Phi) is 5.19. The summed E-state index contributed by atoms with van der Waals surface area (Å²) >= 11 is 0. The number of fused-ring (bicyclic) bond motifs is 4. The molecule has 0 aromatic heterocycles. The number of morpholine rings is 1. The molecular formula is C23H24F3N3O5S. The molecule has 8 nitrogen and oxygen atoms in total. The lowest BCUT2D eigenvalue weighted by molar-refractivity contribution is -0.0500. The third-order valence-electron chi connectivity index (χ3n) is 6.35. The van der Waals surface area contributed by atoms with Gasteiger partial charge in [-0.15, -0.1) is 0 Å². The van der Waals surface area contributed by atoms with E-state index in [-0.39, 0.29) is 5.60 Å². The molecule has 2 aromatic rings. The lowest BCUT2D eigenvalue weighted by atomic mass is 9.73. The summed E-state index contributed by atoms with van der Waals surface area (Å²) in [7, 11) is -5.83.